The Labute approximate surface area is 163 Å². The maximum atomic E-state index is 12.9. The van der Waals surface area contributed by atoms with Gasteiger partial charge in [-0.25, -0.2) is 0 Å². The number of hydrogen-bond donors (Lipinski definition) is 2. The first kappa shape index (κ1) is 18.6. The lowest BCUT2D eigenvalue weighted by Gasteiger charge is -2.36. The minimum absolute atomic E-state index is 0.100. The summed E-state index contributed by atoms with van der Waals surface area (Å²) in [6.45, 7) is 3.70. The Morgan fingerprint density at radius 3 is 2.57 bits per heavy atom. The number of nitrogens with two attached hydrogens (primary N) is 1. The van der Waals surface area contributed by atoms with Crippen molar-refractivity contribution in [3.05, 3.63) is 29.3 Å². The molecule has 148 valence electrons. The number of amides is 4. The third kappa shape index (κ3) is 3.07. The minimum atomic E-state index is -0.939. The zero-order valence-electron chi connectivity index (χ0n) is 15.8. The van der Waals surface area contributed by atoms with Gasteiger partial charge in [-0.3, -0.25) is 29.4 Å². The molecular formula is C20H24N4O4. The van der Waals surface area contributed by atoms with E-state index in [0.717, 1.165) is 36.5 Å². The topological polar surface area (TPSA) is 113 Å². The van der Waals surface area contributed by atoms with Crippen LogP contribution in [0.25, 0.3) is 0 Å². The fraction of sp³-hybridized carbons (Fsp3) is 0.500. The van der Waals surface area contributed by atoms with Crippen LogP contribution >= 0.6 is 0 Å². The first-order chi connectivity index (χ1) is 13.4. The Hall–Kier alpha value is -2.74. The van der Waals surface area contributed by atoms with Crippen LogP contribution in [-0.4, -0.2) is 53.7 Å². The number of rotatable bonds is 3. The SMILES string of the molecule is CC(N)C1CCCN(c2ccc3c(c2)C(=O)N(C2CCC(=O)NC2=O)C3=O)C1. The molecule has 3 heterocycles. The molecule has 28 heavy (non-hydrogen) atoms. The predicted octanol–water partition coefficient (Wildman–Crippen LogP) is 0.651. The Kier molecular flexibility index (Phi) is 4.66. The van der Waals surface area contributed by atoms with Crippen LogP contribution in [0.5, 0.6) is 0 Å². The largest absolute Gasteiger partial charge is 0.371 e. The number of imide groups is 2. The summed E-state index contributed by atoms with van der Waals surface area (Å²) in [4.78, 5) is 52.4. The number of carbonyl (C=O) groups is 4. The highest BCUT2D eigenvalue weighted by atomic mass is 16.2. The highest BCUT2D eigenvalue weighted by molar-refractivity contribution is 6.23. The van der Waals surface area contributed by atoms with Crippen molar-refractivity contribution in [1.29, 1.82) is 0 Å². The zero-order chi connectivity index (χ0) is 20.0. The van der Waals surface area contributed by atoms with Crippen molar-refractivity contribution in [3.8, 4) is 0 Å². The molecule has 4 rings (SSSR count). The van der Waals surface area contributed by atoms with Gasteiger partial charge in [-0.1, -0.05) is 0 Å². The van der Waals surface area contributed by atoms with Gasteiger partial charge in [0, 0.05) is 31.2 Å². The Bertz CT molecular complexity index is 866. The van der Waals surface area contributed by atoms with Crippen LogP contribution in [0.1, 0.15) is 53.3 Å². The molecule has 3 unspecified atom stereocenters. The van der Waals surface area contributed by atoms with E-state index in [1.807, 2.05) is 13.0 Å². The van der Waals surface area contributed by atoms with E-state index in [1.165, 1.54) is 0 Å². The number of hydrogen-bond acceptors (Lipinski definition) is 6. The van der Waals surface area contributed by atoms with Gasteiger partial charge in [0.1, 0.15) is 6.04 Å². The molecule has 2 fully saturated rings. The molecule has 0 aromatic heterocycles. The van der Waals surface area contributed by atoms with Gasteiger partial charge in [-0.05, 0) is 50.3 Å². The molecule has 4 amide bonds. The van der Waals surface area contributed by atoms with Gasteiger partial charge >= 0.3 is 0 Å². The average Bonchev–Trinajstić information content (AvgIpc) is 2.92. The normalized spacial score (nSPS) is 26.4. The molecule has 3 N–H and O–H groups in total. The standard InChI is InChI=1S/C20H24N4O4/c1-11(21)12-3-2-8-23(10-12)13-4-5-14-15(9-13)20(28)24(19(14)27)16-6-7-17(25)22-18(16)26/h4-5,9,11-12,16H,2-3,6-8,10,21H2,1H3,(H,22,25,26). The van der Waals surface area contributed by atoms with Crippen molar-refractivity contribution in [2.75, 3.05) is 18.0 Å². The second kappa shape index (κ2) is 7.01. The van der Waals surface area contributed by atoms with E-state index in [9.17, 15) is 19.2 Å². The summed E-state index contributed by atoms with van der Waals surface area (Å²) in [5.74, 6) is -1.54. The summed E-state index contributed by atoms with van der Waals surface area (Å²) in [7, 11) is 0. The number of carbonyl (C=O) groups excluding carboxylic acids is 4. The molecule has 8 heteroatoms. The quantitative estimate of drug-likeness (QED) is 0.740. The summed E-state index contributed by atoms with van der Waals surface area (Å²) >= 11 is 0. The van der Waals surface area contributed by atoms with Crippen molar-refractivity contribution in [2.45, 2.75) is 44.7 Å². The Morgan fingerprint density at radius 2 is 1.86 bits per heavy atom. The van der Waals surface area contributed by atoms with E-state index < -0.39 is 23.8 Å². The van der Waals surface area contributed by atoms with Crippen LogP contribution in [0.15, 0.2) is 18.2 Å². The first-order valence-electron chi connectivity index (χ1n) is 9.73. The predicted molar refractivity (Wildman–Crippen MR) is 102 cm³/mol. The zero-order valence-corrected chi connectivity index (χ0v) is 15.8. The Balaban J connectivity index is 1.59. The number of anilines is 1. The van der Waals surface area contributed by atoms with E-state index in [0.29, 0.717) is 17.0 Å². The summed E-state index contributed by atoms with van der Waals surface area (Å²) in [5.41, 5.74) is 7.57. The summed E-state index contributed by atoms with van der Waals surface area (Å²) in [6, 6.07) is 4.41. The molecule has 1 aromatic carbocycles. The molecule has 0 spiro atoms. The lowest BCUT2D eigenvalue weighted by atomic mass is 9.91. The second-order valence-electron chi connectivity index (χ2n) is 7.88. The minimum Gasteiger partial charge on any atom is -0.371 e. The van der Waals surface area contributed by atoms with Crippen molar-refractivity contribution >= 4 is 29.3 Å². The second-order valence-corrected chi connectivity index (χ2v) is 7.88. The number of piperidine rings is 2. The summed E-state index contributed by atoms with van der Waals surface area (Å²) in [5, 5.41) is 2.21. The van der Waals surface area contributed by atoms with Gasteiger partial charge in [0.05, 0.1) is 11.1 Å². The molecule has 1 aromatic rings. The van der Waals surface area contributed by atoms with Gasteiger partial charge in [-0.15, -0.1) is 0 Å². The smallest absolute Gasteiger partial charge is 0.262 e. The molecule has 3 aliphatic heterocycles. The van der Waals surface area contributed by atoms with Gasteiger partial charge < -0.3 is 10.6 Å². The van der Waals surface area contributed by atoms with Crippen LogP contribution in [0, 0.1) is 5.92 Å². The van der Waals surface area contributed by atoms with Crippen molar-refractivity contribution in [3.63, 3.8) is 0 Å². The van der Waals surface area contributed by atoms with Gasteiger partial charge in [-0.2, -0.15) is 0 Å². The van der Waals surface area contributed by atoms with Gasteiger partial charge in [0.2, 0.25) is 11.8 Å². The van der Waals surface area contributed by atoms with Crippen LogP contribution in [0.2, 0.25) is 0 Å². The average molecular weight is 384 g/mol. The van der Waals surface area contributed by atoms with Crippen LogP contribution in [0.3, 0.4) is 0 Å². The van der Waals surface area contributed by atoms with E-state index in [-0.39, 0.29) is 24.8 Å². The highest BCUT2D eigenvalue weighted by Crippen LogP contribution is 2.32. The number of nitrogens with one attached hydrogen (secondary N) is 1. The maximum Gasteiger partial charge on any atom is 0.262 e. The van der Waals surface area contributed by atoms with Crippen LogP contribution in [-0.2, 0) is 9.59 Å². The van der Waals surface area contributed by atoms with Crippen molar-refractivity contribution in [1.82, 2.24) is 10.2 Å². The number of fused-ring (bicyclic) bond motifs is 1. The molecule has 0 bridgehead atoms. The van der Waals surface area contributed by atoms with E-state index >= 15 is 0 Å². The maximum absolute atomic E-state index is 12.9. The van der Waals surface area contributed by atoms with Crippen molar-refractivity contribution < 1.29 is 19.2 Å². The monoisotopic (exact) mass is 384 g/mol. The molecule has 2 saturated heterocycles. The molecule has 8 nitrogen and oxygen atoms in total. The van der Waals surface area contributed by atoms with Gasteiger partial charge in [0.15, 0.2) is 0 Å². The number of nitrogens with zero attached hydrogens (tertiary/aromatic N) is 2. The first-order valence-corrected chi connectivity index (χ1v) is 9.73. The Morgan fingerprint density at radius 1 is 1.11 bits per heavy atom. The van der Waals surface area contributed by atoms with E-state index in [1.54, 1.807) is 12.1 Å². The summed E-state index contributed by atoms with van der Waals surface area (Å²) in [6.07, 6.45) is 2.38. The third-order valence-corrected chi connectivity index (χ3v) is 5.99. The number of benzene rings is 1. The molecule has 3 atom stereocenters. The molecular weight excluding hydrogens is 360 g/mol. The molecule has 0 saturated carbocycles. The van der Waals surface area contributed by atoms with E-state index in [2.05, 4.69) is 10.2 Å². The van der Waals surface area contributed by atoms with E-state index in [4.69, 9.17) is 5.73 Å². The van der Waals surface area contributed by atoms with Crippen molar-refractivity contribution in [2.24, 2.45) is 11.7 Å². The molecule has 3 aliphatic rings. The summed E-state index contributed by atoms with van der Waals surface area (Å²) < 4.78 is 0. The lowest BCUT2D eigenvalue weighted by molar-refractivity contribution is -0.136. The molecule has 0 radical (unpaired) electrons. The lowest BCUT2D eigenvalue weighted by Crippen LogP contribution is -2.54. The fourth-order valence-corrected chi connectivity index (χ4v) is 4.33. The van der Waals surface area contributed by atoms with Crippen LogP contribution < -0.4 is 16.0 Å². The van der Waals surface area contributed by atoms with Crippen LogP contribution in [0.4, 0.5) is 5.69 Å². The molecule has 0 aliphatic carbocycles. The highest BCUT2D eigenvalue weighted by Gasteiger charge is 2.44. The third-order valence-electron chi connectivity index (χ3n) is 5.99. The fourth-order valence-electron chi connectivity index (χ4n) is 4.33. The van der Waals surface area contributed by atoms with Gasteiger partial charge in [0.25, 0.3) is 11.8 Å².